The zero-order valence-electron chi connectivity index (χ0n) is 11.4. The number of hydrogen-bond acceptors (Lipinski definition) is 2. The maximum Gasteiger partial charge on any atom is 0.220 e. The van der Waals surface area contributed by atoms with Gasteiger partial charge in [-0.25, -0.2) is 0 Å². The summed E-state index contributed by atoms with van der Waals surface area (Å²) < 4.78 is 0.998. The second-order valence-corrected chi connectivity index (χ2v) is 6.71. The summed E-state index contributed by atoms with van der Waals surface area (Å²) in [5, 5.41) is 3.80. The molecule has 20 heavy (non-hydrogen) atoms. The zero-order chi connectivity index (χ0) is 14.5. The number of amides is 1. The van der Waals surface area contributed by atoms with Crippen molar-refractivity contribution in [3.05, 3.63) is 33.3 Å². The van der Waals surface area contributed by atoms with E-state index in [2.05, 4.69) is 21.2 Å². The van der Waals surface area contributed by atoms with Crippen LogP contribution < -0.4 is 11.1 Å². The highest BCUT2D eigenvalue weighted by atomic mass is 79.9. The highest BCUT2D eigenvalue weighted by Gasteiger charge is 2.19. The van der Waals surface area contributed by atoms with Gasteiger partial charge in [0.2, 0.25) is 5.91 Å². The smallest absolute Gasteiger partial charge is 0.220 e. The van der Waals surface area contributed by atoms with Crippen LogP contribution in [0.25, 0.3) is 0 Å². The van der Waals surface area contributed by atoms with Crippen LogP contribution in [0.1, 0.15) is 37.7 Å². The van der Waals surface area contributed by atoms with Crippen LogP contribution in [0, 0.1) is 0 Å². The van der Waals surface area contributed by atoms with E-state index in [0.717, 1.165) is 35.7 Å². The van der Waals surface area contributed by atoms with Crippen molar-refractivity contribution in [2.24, 2.45) is 5.73 Å². The molecule has 0 spiro atoms. The van der Waals surface area contributed by atoms with Gasteiger partial charge in [0.15, 0.2) is 0 Å². The molecule has 2 rings (SSSR count). The highest BCUT2D eigenvalue weighted by molar-refractivity contribution is 9.10. The van der Waals surface area contributed by atoms with E-state index >= 15 is 0 Å². The number of nitrogens with one attached hydrogen (secondary N) is 1. The van der Waals surface area contributed by atoms with Crippen LogP contribution >= 0.6 is 27.5 Å². The number of carbonyl (C=O) groups excluding carboxylic acids is 1. The molecule has 0 aliphatic heterocycles. The zero-order valence-corrected chi connectivity index (χ0v) is 13.7. The summed E-state index contributed by atoms with van der Waals surface area (Å²) in [6.45, 7) is 0. The number of carbonyl (C=O) groups is 1. The Morgan fingerprint density at radius 1 is 1.35 bits per heavy atom. The molecular formula is C15H20BrClN2O. The summed E-state index contributed by atoms with van der Waals surface area (Å²) in [6.07, 6.45) is 5.18. The molecule has 0 heterocycles. The first-order chi connectivity index (χ1) is 9.54. The van der Waals surface area contributed by atoms with Crippen LogP contribution in [0.2, 0.25) is 5.02 Å². The molecule has 1 aromatic rings. The fourth-order valence-electron chi connectivity index (χ4n) is 2.55. The Morgan fingerprint density at radius 2 is 2.05 bits per heavy atom. The third-order valence-electron chi connectivity index (χ3n) is 3.77. The van der Waals surface area contributed by atoms with E-state index in [0.29, 0.717) is 29.9 Å². The van der Waals surface area contributed by atoms with Crippen molar-refractivity contribution in [2.45, 2.75) is 50.6 Å². The Hall–Kier alpha value is -0.580. The monoisotopic (exact) mass is 358 g/mol. The van der Waals surface area contributed by atoms with Gasteiger partial charge in [0.25, 0.3) is 0 Å². The molecular weight excluding hydrogens is 340 g/mol. The second kappa shape index (κ2) is 7.43. The molecule has 110 valence electrons. The van der Waals surface area contributed by atoms with Crippen molar-refractivity contribution < 1.29 is 4.79 Å². The van der Waals surface area contributed by atoms with Crippen LogP contribution in [0.3, 0.4) is 0 Å². The Morgan fingerprint density at radius 3 is 2.75 bits per heavy atom. The maximum absolute atomic E-state index is 12.0. The predicted molar refractivity (Wildman–Crippen MR) is 85.8 cm³/mol. The molecule has 0 aromatic heterocycles. The first-order valence-corrected chi connectivity index (χ1v) is 8.20. The largest absolute Gasteiger partial charge is 0.353 e. The first kappa shape index (κ1) is 15.8. The third-order valence-corrected chi connectivity index (χ3v) is 4.77. The normalized spacial score (nSPS) is 22.6. The van der Waals surface area contributed by atoms with Gasteiger partial charge in [-0.2, -0.15) is 0 Å². The Kier molecular flexibility index (Phi) is 5.87. The summed E-state index contributed by atoms with van der Waals surface area (Å²) in [5.41, 5.74) is 6.93. The summed E-state index contributed by atoms with van der Waals surface area (Å²) in [7, 11) is 0. The van der Waals surface area contributed by atoms with Gasteiger partial charge >= 0.3 is 0 Å². The van der Waals surface area contributed by atoms with Gasteiger partial charge in [0, 0.05) is 28.0 Å². The minimum Gasteiger partial charge on any atom is -0.353 e. The quantitative estimate of drug-likeness (QED) is 0.865. The van der Waals surface area contributed by atoms with Gasteiger partial charge in [-0.05, 0) is 55.9 Å². The average molecular weight is 360 g/mol. The van der Waals surface area contributed by atoms with E-state index in [4.69, 9.17) is 17.3 Å². The van der Waals surface area contributed by atoms with Gasteiger partial charge in [0.05, 0.1) is 0 Å². The van der Waals surface area contributed by atoms with E-state index < -0.39 is 0 Å². The van der Waals surface area contributed by atoms with Crippen molar-refractivity contribution in [3.8, 4) is 0 Å². The lowest BCUT2D eigenvalue weighted by molar-refractivity contribution is -0.122. The minimum atomic E-state index is 0.109. The lowest BCUT2D eigenvalue weighted by atomic mass is 9.92. The van der Waals surface area contributed by atoms with Gasteiger partial charge < -0.3 is 11.1 Å². The summed E-state index contributed by atoms with van der Waals surface area (Å²) in [4.78, 5) is 12.0. The lowest BCUT2D eigenvalue weighted by Crippen LogP contribution is -2.40. The molecule has 0 saturated heterocycles. The minimum absolute atomic E-state index is 0.109. The Bertz CT molecular complexity index is 473. The van der Waals surface area contributed by atoms with E-state index in [-0.39, 0.29) is 5.91 Å². The van der Waals surface area contributed by atoms with Gasteiger partial charge in [-0.3, -0.25) is 4.79 Å². The van der Waals surface area contributed by atoms with Crippen LogP contribution in [0.4, 0.5) is 0 Å². The van der Waals surface area contributed by atoms with Crippen molar-refractivity contribution in [1.29, 1.82) is 0 Å². The van der Waals surface area contributed by atoms with E-state index in [1.165, 1.54) is 0 Å². The van der Waals surface area contributed by atoms with Crippen LogP contribution in [0.15, 0.2) is 22.7 Å². The fourth-order valence-corrected chi connectivity index (χ4v) is 3.19. The molecule has 3 N–H and O–H groups in total. The van der Waals surface area contributed by atoms with E-state index in [9.17, 15) is 4.79 Å². The number of hydrogen-bond donors (Lipinski definition) is 2. The predicted octanol–water partition coefficient (Wildman–Crippen LogP) is 3.42. The lowest BCUT2D eigenvalue weighted by Gasteiger charge is -2.26. The third kappa shape index (κ3) is 4.76. The fraction of sp³-hybridized carbons (Fsp3) is 0.533. The molecule has 1 aliphatic carbocycles. The molecule has 3 nitrogen and oxygen atoms in total. The molecule has 1 amide bonds. The van der Waals surface area contributed by atoms with E-state index in [1.807, 2.05) is 18.2 Å². The maximum atomic E-state index is 12.0. The van der Waals surface area contributed by atoms with Crippen molar-refractivity contribution in [2.75, 3.05) is 0 Å². The number of halogens is 2. The molecule has 0 atom stereocenters. The summed E-state index contributed by atoms with van der Waals surface area (Å²) in [6, 6.07) is 6.26. The number of nitrogens with two attached hydrogens (primary N) is 1. The van der Waals surface area contributed by atoms with Gasteiger partial charge in [0.1, 0.15) is 0 Å². The van der Waals surface area contributed by atoms with Gasteiger partial charge in [-0.1, -0.05) is 27.5 Å². The molecule has 1 aromatic carbocycles. The topological polar surface area (TPSA) is 55.1 Å². The molecule has 1 aliphatic rings. The summed E-state index contributed by atoms with van der Waals surface area (Å²) >= 11 is 9.45. The Labute approximate surface area is 133 Å². The molecule has 1 fully saturated rings. The van der Waals surface area contributed by atoms with Crippen molar-refractivity contribution in [3.63, 3.8) is 0 Å². The van der Waals surface area contributed by atoms with Crippen LogP contribution in [-0.2, 0) is 11.2 Å². The average Bonchev–Trinajstić information content (AvgIpc) is 2.42. The molecule has 0 bridgehead atoms. The SMILES string of the molecule is NC1CCC(NC(=O)CCc2cc(Cl)ccc2Br)CC1. The Balaban J connectivity index is 1.79. The standard InChI is InChI=1S/C15H20BrClN2O/c16-14-7-2-11(17)9-10(14)1-8-15(20)19-13-5-3-12(18)4-6-13/h2,7,9,12-13H,1,3-6,8,18H2,(H,19,20). The van der Waals surface area contributed by atoms with E-state index in [1.54, 1.807) is 0 Å². The van der Waals surface area contributed by atoms with Crippen LogP contribution in [0.5, 0.6) is 0 Å². The second-order valence-electron chi connectivity index (χ2n) is 5.41. The van der Waals surface area contributed by atoms with Crippen molar-refractivity contribution >= 4 is 33.4 Å². The molecule has 0 unspecified atom stereocenters. The summed E-state index contributed by atoms with van der Waals surface area (Å²) in [5.74, 6) is 0.109. The number of rotatable bonds is 4. The molecule has 0 radical (unpaired) electrons. The number of benzene rings is 1. The number of aryl methyl sites for hydroxylation is 1. The van der Waals surface area contributed by atoms with Crippen LogP contribution in [-0.4, -0.2) is 18.0 Å². The first-order valence-electron chi connectivity index (χ1n) is 7.03. The highest BCUT2D eigenvalue weighted by Crippen LogP contribution is 2.22. The van der Waals surface area contributed by atoms with Gasteiger partial charge in [-0.15, -0.1) is 0 Å². The van der Waals surface area contributed by atoms with Crippen molar-refractivity contribution in [1.82, 2.24) is 5.32 Å². The molecule has 5 heteroatoms. The molecule has 1 saturated carbocycles.